The number of imide groups is 1. The third-order valence-electron chi connectivity index (χ3n) is 3.40. The van der Waals surface area contributed by atoms with E-state index in [0.717, 1.165) is 5.52 Å². The Balaban J connectivity index is 2.16. The predicted octanol–water partition coefficient (Wildman–Crippen LogP) is 1.71. The Morgan fingerprint density at radius 2 is 2.30 bits per heavy atom. The molecule has 2 amide bonds. The van der Waals surface area contributed by atoms with Gasteiger partial charge in [0.05, 0.1) is 17.1 Å². The standard InChI is InChI=1S/C13H13ClN4O2/c1-7(14)12-16-8-6-15-5-4-9(8)18(12)10-2-3-11(19)17-13(10)20/h4-7,10H,2-3H2,1H3,(H,17,19,20). The molecule has 7 heteroatoms. The maximum Gasteiger partial charge on any atom is 0.249 e. The molecule has 0 aromatic carbocycles. The van der Waals surface area contributed by atoms with Gasteiger partial charge in [0, 0.05) is 12.6 Å². The predicted molar refractivity (Wildman–Crippen MR) is 73.2 cm³/mol. The Hall–Kier alpha value is -1.95. The van der Waals surface area contributed by atoms with Gasteiger partial charge in [-0.05, 0) is 19.4 Å². The van der Waals surface area contributed by atoms with Crippen LogP contribution in [0.3, 0.4) is 0 Å². The smallest absolute Gasteiger partial charge is 0.249 e. The van der Waals surface area contributed by atoms with Crippen molar-refractivity contribution >= 4 is 34.4 Å². The molecular formula is C13H13ClN4O2. The molecular weight excluding hydrogens is 280 g/mol. The quantitative estimate of drug-likeness (QED) is 0.675. The molecule has 0 bridgehead atoms. The fraction of sp³-hybridized carbons (Fsp3) is 0.385. The second-order valence-electron chi connectivity index (χ2n) is 4.79. The van der Waals surface area contributed by atoms with Crippen LogP contribution in [0.2, 0.25) is 0 Å². The van der Waals surface area contributed by atoms with Crippen LogP contribution in [-0.4, -0.2) is 26.3 Å². The largest absolute Gasteiger partial charge is 0.314 e. The summed E-state index contributed by atoms with van der Waals surface area (Å²) in [6, 6.07) is 1.34. The van der Waals surface area contributed by atoms with E-state index in [-0.39, 0.29) is 17.2 Å². The van der Waals surface area contributed by atoms with Crippen LogP contribution >= 0.6 is 11.6 Å². The lowest BCUT2D eigenvalue weighted by molar-refractivity contribution is -0.135. The number of nitrogens with one attached hydrogen (secondary N) is 1. The maximum atomic E-state index is 12.1. The third-order valence-corrected chi connectivity index (χ3v) is 3.59. The molecule has 3 heterocycles. The third kappa shape index (κ3) is 2.06. The van der Waals surface area contributed by atoms with Gasteiger partial charge in [0.2, 0.25) is 11.8 Å². The normalized spacial score (nSPS) is 21.0. The first-order valence-corrected chi connectivity index (χ1v) is 6.81. The molecule has 1 aliphatic heterocycles. The monoisotopic (exact) mass is 292 g/mol. The Morgan fingerprint density at radius 3 is 3.00 bits per heavy atom. The molecule has 2 atom stereocenters. The summed E-state index contributed by atoms with van der Waals surface area (Å²) in [6.07, 6.45) is 4.06. The average molecular weight is 293 g/mol. The molecule has 104 valence electrons. The number of hydrogen-bond donors (Lipinski definition) is 1. The van der Waals surface area contributed by atoms with E-state index in [4.69, 9.17) is 11.6 Å². The Kier molecular flexibility index (Phi) is 3.17. The molecule has 1 fully saturated rings. The van der Waals surface area contributed by atoms with Crippen LogP contribution in [-0.2, 0) is 9.59 Å². The van der Waals surface area contributed by atoms with Gasteiger partial charge in [-0.15, -0.1) is 11.6 Å². The molecule has 2 aromatic rings. The van der Waals surface area contributed by atoms with Crippen LogP contribution in [0.1, 0.15) is 37.0 Å². The minimum Gasteiger partial charge on any atom is -0.314 e. The van der Waals surface area contributed by atoms with Crippen molar-refractivity contribution in [2.75, 3.05) is 0 Å². The van der Waals surface area contributed by atoms with Crippen molar-refractivity contribution in [1.82, 2.24) is 19.9 Å². The molecule has 20 heavy (non-hydrogen) atoms. The van der Waals surface area contributed by atoms with Crippen molar-refractivity contribution < 1.29 is 9.59 Å². The van der Waals surface area contributed by atoms with Gasteiger partial charge in [0.1, 0.15) is 17.4 Å². The molecule has 0 aliphatic carbocycles. The lowest BCUT2D eigenvalue weighted by atomic mass is 10.1. The minimum absolute atomic E-state index is 0.238. The number of carbonyl (C=O) groups excluding carboxylic acids is 2. The summed E-state index contributed by atoms with van der Waals surface area (Å²) in [6.45, 7) is 1.80. The molecule has 0 spiro atoms. The van der Waals surface area contributed by atoms with Gasteiger partial charge in [-0.3, -0.25) is 19.9 Å². The van der Waals surface area contributed by atoms with Gasteiger partial charge >= 0.3 is 0 Å². The van der Waals surface area contributed by atoms with E-state index in [1.54, 1.807) is 25.4 Å². The van der Waals surface area contributed by atoms with Crippen LogP contribution in [0.25, 0.3) is 11.0 Å². The van der Waals surface area contributed by atoms with Gasteiger partial charge in [0.15, 0.2) is 0 Å². The van der Waals surface area contributed by atoms with Crippen LogP contribution in [0.4, 0.5) is 0 Å². The number of aromatic nitrogens is 3. The van der Waals surface area contributed by atoms with Gasteiger partial charge in [-0.1, -0.05) is 0 Å². The Morgan fingerprint density at radius 1 is 1.50 bits per heavy atom. The number of nitrogens with zero attached hydrogens (tertiary/aromatic N) is 3. The van der Waals surface area contributed by atoms with E-state index in [1.165, 1.54) is 0 Å². The molecule has 1 N–H and O–H groups in total. The van der Waals surface area contributed by atoms with Gasteiger partial charge < -0.3 is 4.57 Å². The highest BCUT2D eigenvalue weighted by Crippen LogP contribution is 2.30. The average Bonchev–Trinajstić information content (AvgIpc) is 2.78. The van der Waals surface area contributed by atoms with E-state index in [9.17, 15) is 9.59 Å². The van der Waals surface area contributed by atoms with Crippen molar-refractivity contribution in [2.24, 2.45) is 0 Å². The summed E-state index contributed by atoms with van der Waals surface area (Å²) in [7, 11) is 0. The van der Waals surface area contributed by atoms with E-state index in [2.05, 4.69) is 15.3 Å². The van der Waals surface area contributed by atoms with Crippen LogP contribution < -0.4 is 5.32 Å². The second kappa shape index (κ2) is 4.86. The number of imidazole rings is 1. The summed E-state index contributed by atoms with van der Waals surface area (Å²) in [5.41, 5.74) is 1.50. The number of fused-ring (bicyclic) bond motifs is 1. The highest BCUT2D eigenvalue weighted by Gasteiger charge is 2.31. The highest BCUT2D eigenvalue weighted by molar-refractivity contribution is 6.20. The minimum atomic E-state index is -0.462. The zero-order chi connectivity index (χ0) is 14.3. The van der Waals surface area contributed by atoms with Crippen LogP contribution in [0, 0.1) is 0 Å². The zero-order valence-electron chi connectivity index (χ0n) is 10.8. The fourth-order valence-corrected chi connectivity index (χ4v) is 2.66. The lowest BCUT2D eigenvalue weighted by Gasteiger charge is -2.24. The van der Waals surface area contributed by atoms with E-state index in [1.807, 2.05) is 4.57 Å². The van der Waals surface area contributed by atoms with Crippen LogP contribution in [0.15, 0.2) is 18.5 Å². The summed E-state index contributed by atoms with van der Waals surface area (Å²) >= 11 is 6.17. The number of piperidine rings is 1. The van der Waals surface area contributed by atoms with E-state index in [0.29, 0.717) is 24.2 Å². The Labute approximate surface area is 120 Å². The summed E-state index contributed by atoms with van der Waals surface area (Å²) in [5.74, 6) is 0.0675. The van der Waals surface area contributed by atoms with E-state index >= 15 is 0 Å². The number of rotatable bonds is 2. The number of carbonyl (C=O) groups is 2. The number of alkyl halides is 1. The lowest BCUT2D eigenvalue weighted by Crippen LogP contribution is -2.42. The molecule has 1 saturated heterocycles. The van der Waals surface area contributed by atoms with Crippen molar-refractivity contribution in [3.8, 4) is 0 Å². The zero-order valence-corrected chi connectivity index (χ0v) is 11.6. The van der Waals surface area contributed by atoms with E-state index < -0.39 is 6.04 Å². The molecule has 2 aromatic heterocycles. The molecule has 3 rings (SSSR count). The molecule has 1 aliphatic rings. The first-order chi connectivity index (χ1) is 9.58. The van der Waals surface area contributed by atoms with Crippen molar-refractivity contribution in [3.05, 3.63) is 24.3 Å². The van der Waals surface area contributed by atoms with Crippen molar-refractivity contribution in [2.45, 2.75) is 31.2 Å². The number of amides is 2. The topological polar surface area (TPSA) is 76.9 Å². The molecule has 2 unspecified atom stereocenters. The molecule has 0 saturated carbocycles. The van der Waals surface area contributed by atoms with Gasteiger partial charge in [-0.25, -0.2) is 4.98 Å². The number of hydrogen-bond acceptors (Lipinski definition) is 4. The first kappa shape index (κ1) is 13.1. The maximum absolute atomic E-state index is 12.1. The molecule has 0 radical (unpaired) electrons. The van der Waals surface area contributed by atoms with Crippen molar-refractivity contribution in [1.29, 1.82) is 0 Å². The van der Waals surface area contributed by atoms with Crippen LogP contribution in [0.5, 0.6) is 0 Å². The SMILES string of the molecule is CC(Cl)c1nc2cnccc2n1C1CCC(=O)NC1=O. The summed E-state index contributed by atoms with van der Waals surface area (Å²) in [5, 5.41) is 2.02. The second-order valence-corrected chi connectivity index (χ2v) is 5.44. The number of pyridine rings is 1. The Bertz CT molecular complexity index is 695. The first-order valence-electron chi connectivity index (χ1n) is 6.37. The highest BCUT2D eigenvalue weighted by atomic mass is 35.5. The summed E-state index contributed by atoms with van der Waals surface area (Å²) in [4.78, 5) is 31.8. The molecule has 6 nitrogen and oxygen atoms in total. The summed E-state index contributed by atoms with van der Waals surface area (Å²) < 4.78 is 1.82. The van der Waals surface area contributed by atoms with Gasteiger partial charge in [0.25, 0.3) is 0 Å². The van der Waals surface area contributed by atoms with Gasteiger partial charge in [-0.2, -0.15) is 0 Å². The fourth-order valence-electron chi connectivity index (χ4n) is 2.51. The number of halogens is 1. The van der Waals surface area contributed by atoms with Crippen molar-refractivity contribution in [3.63, 3.8) is 0 Å².